The second-order valence-electron chi connectivity index (χ2n) is 5.96. The van der Waals surface area contributed by atoms with Crippen LogP contribution >= 0.6 is 0 Å². The van der Waals surface area contributed by atoms with Gasteiger partial charge in [-0.05, 0) is 43.7 Å². The largest absolute Gasteiger partial charge is 0.487 e. The SMILES string of the molecule is CC(=O)N1CC(C)Oc2ccc(S(=O)(=O)Nc3ncccc3C)cc21. The summed E-state index contributed by atoms with van der Waals surface area (Å²) in [5.74, 6) is 0.593. The van der Waals surface area contributed by atoms with Crippen molar-refractivity contribution in [3.8, 4) is 5.75 Å². The van der Waals surface area contributed by atoms with Gasteiger partial charge in [-0.1, -0.05) is 6.07 Å². The molecule has 132 valence electrons. The third-order valence-corrected chi connectivity index (χ3v) is 5.26. The summed E-state index contributed by atoms with van der Waals surface area (Å²) in [5.41, 5.74) is 1.16. The fraction of sp³-hybridized carbons (Fsp3) is 0.294. The highest BCUT2D eigenvalue weighted by Crippen LogP contribution is 2.35. The molecule has 0 saturated carbocycles. The van der Waals surface area contributed by atoms with E-state index in [1.54, 1.807) is 25.1 Å². The van der Waals surface area contributed by atoms with Crippen LogP contribution in [0.2, 0.25) is 0 Å². The number of hydrogen-bond donors (Lipinski definition) is 1. The van der Waals surface area contributed by atoms with Gasteiger partial charge in [-0.2, -0.15) is 0 Å². The number of benzene rings is 1. The number of sulfonamides is 1. The minimum absolute atomic E-state index is 0.0423. The lowest BCUT2D eigenvalue weighted by molar-refractivity contribution is -0.117. The van der Waals surface area contributed by atoms with Crippen LogP contribution in [0.4, 0.5) is 11.5 Å². The Morgan fingerprint density at radius 3 is 2.80 bits per heavy atom. The molecule has 1 aliphatic rings. The van der Waals surface area contributed by atoms with E-state index in [1.165, 1.54) is 30.2 Å². The number of nitrogens with zero attached hydrogens (tertiary/aromatic N) is 2. The predicted molar refractivity (Wildman–Crippen MR) is 94.3 cm³/mol. The molecule has 1 atom stereocenters. The third kappa shape index (κ3) is 3.43. The fourth-order valence-electron chi connectivity index (χ4n) is 2.66. The number of aromatic nitrogens is 1. The molecule has 8 heteroatoms. The molecule has 0 fully saturated rings. The molecule has 2 aromatic rings. The molecule has 2 heterocycles. The van der Waals surface area contributed by atoms with Crippen molar-refractivity contribution >= 4 is 27.4 Å². The zero-order valence-corrected chi connectivity index (χ0v) is 15.0. The van der Waals surface area contributed by atoms with Crippen molar-refractivity contribution in [3.05, 3.63) is 42.1 Å². The van der Waals surface area contributed by atoms with Crippen LogP contribution in [-0.2, 0) is 14.8 Å². The smallest absolute Gasteiger partial charge is 0.263 e. The monoisotopic (exact) mass is 361 g/mol. The van der Waals surface area contributed by atoms with Gasteiger partial charge in [0.05, 0.1) is 17.1 Å². The van der Waals surface area contributed by atoms with Gasteiger partial charge < -0.3 is 9.64 Å². The maximum Gasteiger partial charge on any atom is 0.263 e. The highest BCUT2D eigenvalue weighted by Gasteiger charge is 2.28. The number of pyridine rings is 1. The van der Waals surface area contributed by atoms with E-state index in [0.717, 1.165) is 0 Å². The lowest BCUT2D eigenvalue weighted by Gasteiger charge is -2.33. The minimum Gasteiger partial charge on any atom is -0.487 e. The molecule has 7 nitrogen and oxygen atoms in total. The summed E-state index contributed by atoms with van der Waals surface area (Å²) in [6.07, 6.45) is 1.36. The third-order valence-electron chi connectivity index (χ3n) is 3.92. The van der Waals surface area contributed by atoms with E-state index in [4.69, 9.17) is 4.74 Å². The summed E-state index contributed by atoms with van der Waals surface area (Å²) in [7, 11) is -3.84. The molecular formula is C17H19N3O4S. The Kier molecular flexibility index (Phi) is 4.38. The zero-order chi connectivity index (χ0) is 18.2. The van der Waals surface area contributed by atoms with Crippen LogP contribution < -0.4 is 14.4 Å². The Hall–Kier alpha value is -2.61. The first-order chi connectivity index (χ1) is 11.8. The molecular weight excluding hydrogens is 342 g/mol. The van der Waals surface area contributed by atoms with Crippen LogP contribution in [0.1, 0.15) is 19.4 Å². The second kappa shape index (κ2) is 6.36. The van der Waals surface area contributed by atoms with Gasteiger partial charge in [-0.25, -0.2) is 13.4 Å². The number of carbonyl (C=O) groups is 1. The van der Waals surface area contributed by atoms with E-state index in [-0.39, 0.29) is 22.7 Å². The summed E-state index contributed by atoms with van der Waals surface area (Å²) in [6, 6.07) is 7.97. The maximum atomic E-state index is 12.7. The number of aryl methyl sites for hydroxylation is 1. The standard InChI is InChI=1S/C17H19N3O4S/c1-11-5-4-8-18-17(11)19-25(22,23)14-6-7-16-15(9-14)20(13(3)21)10-12(2)24-16/h4-9,12H,10H2,1-3H3,(H,18,19). The Bertz CT molecular complexity index is 927. The van der Waals surface area contributed by atoms with Crippen molar-refractivity contribution in [2.45, 2.75) is 31.8 Å². The van der Waals surface area contributed by atoms with Crippen molar-refractivity contribution in [1.82, 2.24) is 4.98 Å². The van der Waals surface area contributed by atoms with E-state index < -0.39 is 10.0 Å². The van der Waals surface area contributed by atoms with Gasteiger partial charge in [0.15, 0.2) is 0 Å². The van der Waals surface area contributed by atoms with Crippen molar-refractivity contribution in [2.75, 3.05) is 16.2 Å². The van der Waals surface area contributed by atoms with Crippen LogP contribution in [0.5, 0.6) is 5.75 Å². The summed E-state index contributed by atoms with van der Waals surface area (Å²) in [6.45, 7) is 5.44. The average molecular weight is 361 g/mol. The molecule has 1 aromatic carbocycles. The van der Waals surface area contributed by atoms with E-state index in [2.05, 4.69) is 9.71 Å². The number of amides is 1. The maximum absolute atomic E-state index is 12.7. The number of ether oxygens (including phenoxy) is 1. The van der Waals surface area contributed by atoms with E-state index in [0.29, 0.717) is 23.5 Å². The average Bonchev–Trinajstić information content (AvgIpc) is 2.55. The summed E-state index contributed by atoms with van der Waals surface area (Å²) >= 11 is 0. The number of carbonyl (C=O) groups excluding carboxylic acids is 1. The highest BCUT2D eigenvalue weighted by molar-refractivity contribution is 7.92. The second-order valence-corrected chi connectivity index (χ2v) is 7.64. The van der Waals surface area contributed by atoms with Gasteiger partial charge in [0.1, 0.15) is 17.7 Å². The highest BCUT2D eigenvalue weighted by atomic mass is 32.2. The number of fused-ring (bicyclic) bond motifs is 1. The number of nitrogens with one attached hydrogen (secondary N) is 1. The molecule has 1 aromatic heterocycles. The fourth-order valence-corrected chi connectivity index (χ4v) is 3.76. The molecule has 1 aliphatic heterocycles. The molecule has 1 N–H and O–H groups in total. The molecule has 0 radical (unpaired) electrons. The lowest BCUT2D eigenvalue weighted by Crippen LogP contribution is -2.41. The minimum atomic E-state index is -3.84. The number of hydrogen-bond acceptors (Lipinski definition) is 5. The van der Waals surface area contributed by atoms with Crippen molar-refractivity contribution in [2.24, 2.45) is 0 Å². The molecule has 1 unspecified atom stereocenters. The number of anilines is 2. The van der Waals surface area contributed by atoms with Crippen LogP contribution in [0.3, 0.4) is 0 Å². The van der Waals surface area contributed by atoms with Crippen LogP contribution in [-0.4, -0.2) is 32.0 Å². The molecule has 0 bridgehead atoms. The molecule has 3 rings (SSSR count). The van der Waals surface area contributed by atoms with Gasteiger partial charge in [-0.15, -0.1) is 0 Å². The zero-order valence-electron chi connectivity index (χ0n) is 14.2. The molecule has 0 spiro atoms. The predicted octanol–water partition coefficient (Wildman–Crippen LogP) is 2.32. The lowest BCUT2D eigenvalue weighted by atomic mass is 10.2. The van der Waals surface area contributed by atoms with Gasteiger partial charge in [-0.3, -0.25) is 9.52 Å². The molecule has 25 heavy (non-hydrogen) atoms. The first kappa shape index (κ1) is 17.2. The van der Waals surface area contributed by atoms with E-state index in [9.17, 15) is 13.2 Å². The quantitative estimate of drug-likeness (QED) is 0.906. The first-order valence-electron chi connectivity index (χ1n) is 7.81. The Morgan fingerprint density at radius 1 is 1.36 bits per heavy atom. The van der Waals surface area contributed by atoms with Crippen LogP contribution in [0.15, 0.2) is 41.4 Å². The van der Waals surface area contributed by atoms with Gasteiger partial charge >= 0.3 is 0 Å². The summed E-state index contributed by atoms with van der Waals surface area (Å²) < 4.78 is 33.5. The van der Waals surface area contributed by atoms with E-state index >= 15 is 0 Å². The summed E-state index contributed by atoms with van der Waals surface area (Å²) in [4.78, 5) is 17.5. The van der Waals surface area contributed by atoms with Crippen molar-refractivity contribution in [1.29, 1.82) is 0 Å². The number of rotatable bonds is 3. The van der Waals surface area contributed by atoms with Gasteiger partial charge in [0, 0.05) is 13.1 Å². The van der Waals surface area contributed by atoms with Crippen molar-refractivity contribution < 1.29 is 17.9 Å². The normalized spacial score (nSPS) is 16.8. The Labute approximate surface area is 146 Å². The van der Waals surface area contributed by atoms with Crippen molar-refractivity contribution in [3.63, 3.8) is 0 Å². The molecule has 0 aliphatic carbocycles. The van der Waals surface area contributed by atoms with Gasteiger partial charge in [0.25, 0.3) is 10.0 Å². The van der Waals surface area contributed by atoms with E-state index in [1.807, 2.05) is 6.92 Å². The topological polar surface area (TPSA) is 88.6 Å². The van der Waals surface area contributed by atoms with Crippen LogP contribution in [0.25, 0.3) is 0 Å². The van der Waals surface area contributed by atoms with Gasteiger partial charge in [0.2, 0.25) is 5.91 Å². The Morgan fingerprint density at radius 2 is 2.12 bits per heavy atom. The molecule has 1 amide bonds. The molecule has 0 saturated heterocycles. The first-order valence-corrected chi connectivity index (χ1v) is 9.29. The summed E-state index contributed by atoms with van der Waals surface area (Å²) in [5, 5.41) is 0. The van der Waals surface area contributed by atoms with Crippen LogP contribution in [0, 0.1) is 6.92 Å². The Balaban J connectivity index is 2.00.